The van der Waals surface area contributed by atoms with E-state index in [1.807, 2.05) is 19.9 Å². The monoisotopic (exact) mass is 376 g/mol. The summed E-state index contributed by atoms with van der Waals surface area (Å²) >= 11 is 3.31. The van der Waals surface area contributed by atoms with Crippen LogP contribution >= 0.6 is 15.9 Å². The smallest absolute Gasteiger partial charge is 0.314 e. The van der Waals surface area contributed by atoms with Gasteiger partial charge in [-0.15, -0.1) is 0 Å². The number of halogens is 1. The van der Waals surface area contributed by atoms with Crippen LogP contribution in [0.3, 0.4) is 0 Å². The summed E-state index contributed by atoms with van der Waals surface area (Å²) in [4.78, 5) is 23.8. The van der Waals surface area contributed by atoms with E-state index in [1.54, 1.807) is 42.5 Å². The molecule has 0 aliphatic carbocycles. The highest BCUT2D eigenvalue weighted by molar-refractivity contribution is 9.10. The highest BCUT2D eigenvalue weighted by atomic mass is 79.9. The van der Waals surface area contributed by atoms with Crippen molar-refractivity contribution in [2.45, 2.75) is 20.0 Å². The molecule has 0 saturated heterocycles. The fourth-order valence-electron chi connectivity index (χ4n) is 1.82. The van der Waals surface area contributed by atoms with E-state index in [-0.39, 0.29) is 6.10 Å². The molecule has 0 spiro atoms. The zero-order valence-corrected chi connectivity index (χ0v) is 14.4. The number of rotatable bonds is 4. The zero-order chi connectivity index (χ0) is 16.8. The van der Waals surface area contributed by atoms with Gasteiger partial charge in [0.15, 0.2) is 0 Å². The van der Waals surface area contributed by atoms with Crippen LogP contribution in [0.25, 0.3) is 0 Å². The number of hydrogen-bond donors (Lipinski definition) is 2. The normalized spacial score (nSPS) is 10.3. The summed E-state index contributed by atoms with van der Waals surface area (Å²) in [7, 11) is 0. The van der Waals surface area contributed by atoms with Gasteiger partial charge in [0.25, 0.3) is 0 Å². The molecule has 23 heavy (non-hydrogen) atoms. The lowest BCUT2D eigenvalue weighted by atomic mass is 10.3. The van der Waals surface area contributed by atoms with Crippen LogP contribution in [0.15, 0.2) is 53.0 Å². The fourth-order valence-corrected chi connectivity index (χ4v) is 2.20. The average Bonchev–Trinajstić information content (AvgIpc) is 2.51. The molecule has 0 atom stereocenters. The number of carbonyl (C=O) groups excluding carboxylic acids is 2. The Labute approximate surface area is 143 Å². The largest absolute Gasteiger partial charge is 0.491 e. The van der Waals surface area contributed by atoms with Crippen molar-refractivity contribution in [3.05, 3.63) is 53.0 Å². The minimum absolute atomic E-state index is 0.0746. The summed E-state index contributed by atoms with van der Waals surface area (Å²) in [6.07, 6.45) is 0.0746. The zero-order valence-electron chi connectivity index (χ0n) is 12.8. The van der Waals surface area contributed by atoms with Gasteiger partial charge in [0.1, 0.15) is 5.75 Å². The van der Waals surface area contributed by atoms with Crippen molar-refractivity contribution in [1.29, 1.82) is 0 Å². The summed E-state index contributed by atoms with van der Waals surface area (Å²) in [5.41, 5.74) is 1.06. The van der Waals surface area contributed by atoms with E-state index in [2.05, 4.69) is 26.6 Å². The SMILES string of the molecule is CC(C)Oc1ccc(NC(=O)C(=O)Nc2ccccc2Br)cc1. The maximum Gasteiger partial charge on any atom is 0.314 e. The first-order valence-corrected chi connectivity index (χ1v) is 7.88. The molecule has 6 heteroatoms. The van der Waals surface area contributed by atoms with Crippen LogP contribution in [0, 0.1) is 0 Å². The van der Waals surface area contributed by atoms with Gasteiger partial charge < -0.3 is 15.4 Å². The lowest BCUT2D eigenvalue weighted by molar-refractivity contribution is -0.133. The van der Waals surface area contributed by atoms with Gasteiger partial charge in [0.05, 0.1) is 11.8 Å². The molecule has 0 fully saturated rings. The van der Waals surface area contributed by atoms with E-state index < -0.39 is 11.8 Å². The van der Waals surface area contributed by atoms with E-state index in [1.165, 1.54) is 0 Å². The summed E-state index contributed by atoms with van der Waals surface area (Å²) in [6.45, 7) is 3.86. The van der Waals surface area contributed by atoms with Crippen LogP contribution in [-0.2, 0) is 9.59 Å². The van der Waals surface area contributed by atoms with Gasteiger partial charge in [-0.3, -0.25) is 9.59 Å². The molecule has 0 unspecified atom stereocenters. The molecule has 2 N–H and O–H groups in total. The van der Waals surface area contributed by atoms with Gasteiger partial charge >= 0.3 is 11.8 Å². The molecular formula is C17H17BrN2O3. The predicted molar refractivity (Wildman–Crippen MR) is 93.6 cm³/mol. The van der Waals surface area contributed by atoms with Crippen molar-refractivity contribution in [1.82, 2.24) is 0 Å². The molecule has 0 radical (unpaired) electrons. The minimum atomic E-state index is -0.738. The maximum absolute atomic E-state index is 11.9. The minimum Gasteiger partial charge on any atom is -0.491 e. The Hall–Kier alpha value is -2.34. The van der Waals surface area contributed by atoms with Gasteiger partial charge in [-0.25, -0.2) is 0 Å². The summed E-state index contributed by atoms with van der Waals surface area (Å²) < 4.78 is 6.22. The molecule has 0 aromatic heterocycles. The Morgan fingerprint density at radius 2 is 1.57 bits per heavy atom. The molecule has 2 aromatic carbocycles. The quantitative estimate of drug-likeness (QED) is 0.797. The maximum atomic E-state index is 11.9. The number of amides is 2. The van der Waals surface area contributed by atoms with Crippen molar-refractivity contribution in [3.63, 3.8) is 0 Å². The Kier molecular flexibility index (Phi) is 5.76. The highest BCUT2D eigenvalue weighted by Gasteiger charge is 2.15. The van der Waals surface area contributed by atoms with Gasteiger partial charge in [0.2, 0.25) is 0 Å². The summed E-state index contributed by atoms with van der Waals surface area (Å²) in [6, 6.07) is 13.9. The number of benzene rings is 2. The van der Waals surface area contributed by atoms with Gasteiger partial charge in [-0.2, -0.15) is 0 Å². The third kappa shape index (κ3) is 5.10. The van der Waals surface area contributed by atoms with Crippen LogP contribution in [0.1, 0.15) is 13.8 Å². The van der Waals surface area contributed by atoms with Crippen LogP contribution in [-0.4, -0.2) is 17.9 Å². The fraction of sp³-hybridized carbons (Fsp3) is 0.176. The number of para-hydroxylation sites is 1. The lowest BCUT2D eigenvalue weighted by Gasteiger charge is -2.11. The molecule has 0 heterocycles. The topological polar surface area (TPSA) is 67.4 Å². The molecule has 2 amide bonds. The average molecular weight is 377 g/mol. The van der Waals surface area contributed by atoms with Crippen molar-refractivity contribution < 1.29 is 14.3 Å². The van der Waals surface area contributed by atoms with Crippen molar-refractivity contribution in [3.8, 4) is 5.75 Å². The first-order chi connectivity index (χ1) is 11.0. The Balaban J connectivity index is 1.96. The van der Waals surface area contributed by atoms with Crippen molar-refractivity contribution in [2.75, 3.05) is 10.6 Å². The van der Waals surface area contributed by atoms with Gasteiger partial charge in [-0.1, -0.05) is 12.1 Å². The van der Waals surface area contributed by atoms with Gasteiger partial charge in [0, 0.05) is 10.2 Å². The second-order valence-electron chi connectivity index (χ2n) is 5.08. The van der Waals surface area contributed by atoms with Crippen LogP contribution < -0.4 is 15.4 Å². The van der Waals surface area contributed by atoms with Crippen LogP contribution in [0.5, 0.6) is 5.75 Å². The standard InChI is InChI=1S/C17H17BrN2O3/c1-11(2)23-13-9-7-12(8-10-13)19-16(21)17(22)20-15-6-4-3-5-14(15)18/h3-11H,1-2H3,(H,19,21)(H,20,22). The first kappa shape index (κ1) is 17.0. The first-order valence-electron chi connectivity index (χ1n) is 7.09. The lowest BCUT2D eigenvalue weighted by Crippen LogP contribution is -2.29. The van der Waals surface area contributed by atoms with Gasteiger partial charge in [-0.05, 0) is 66.2 Å². The molecule has 0 bridgehead atoms. The van der Waals surface area contributed by atoms with Crippen LogP contribution in [0.4, 0.5) is 11.4 Å². The molecule has 0 aliphatic rings. The number of hydrogen-bond acceptors (Lipinski definition) is 3. The Morgan fingerprint density at radius 1 is 0.957 bits per heavy atom. The van der Waals surface area contributed by atoms with E-state index in [4.69, 9.17) is 4.74 Å². The molecule has 2 aromatic rings. The van der Waals surface area contributed by atoms with E-state index in [0.29, 0.717) is 21.6 Å². The van der Waals surface area contributed by atoms with E-state index in [9.17, 15) is 9.59 Å². The second kappa shape index (κ2) is 7.78. The van der Waals surface area contributed by atoms with Crippen molar-refractivity contribution in [2.24, 2.45) is 0 Å². The number of nitrogens with one attached hydrogen (secondary N) is 2. The number of carbonyl (C=O) groups is 2. The van der Waals surface area contributed by atoms with E-state index in [0.717, 1.165) is 0 Å². The number of ether oxygens (including phenoxy) is 1. The number of anilines is 2. The molecule has 0 aliphatic heterocycles. The molecule has 120 valence electrons. The summed E-state index contributed by atoms with van der Waals surface area (Å²) in [5.74, 6) is -0.770. The molecule has 0 saturated carbocycles. The second-order valence-corrected chi connectivity index (χ2v) is 5.93. The van der Waals surface area contributed by atoms with E-state index >= 15 is 0 Å². The molecule has 2 rings (SSSR count). The summed E-state index contributed by atoms with van der Waals surface area (Å²) in [5, 5.41) is 5.09. The third-order valence-corrected chi connectivity index (χ3v) is 3.50. The molecular weight excluding hydrogens is 360 g/mol. The highest BCUT2D eigenvalue weighted by Crippen LogP contribution is 2.21. The predicted octanol–water partition coefficient (Wildman–Crippen LogP) is 3.81. The van der Waals surface area contributed by atoms with Crippen LogP contribution in [0.2, 0.25) is 0 Å². The Bertz CT molecular complexity index is 699. The molecule has 5 nitrogen and oxygen atoms in total. The third-order valence-electron chi connectivity index (χ3n) is 2.81. The Morgan fingerprint density at radius 3 is 2.17 bits per heavy atom. The van der Waals surface area contributed by atoms with Crippen molar-refractivity contribution >= 4 is 39.1 Å².